The molecule has 0 amide bonds. The molecule has 9 heteroatoms. The summed E-state index contributed by atoms with van der Waals surface area (Å²) < 4.78 is 35.6. The highest BCUT2D eigenvalue weighted by molar-refractivity contribution is 7.88. The number of sulfonamides is 1. The van der Waals surface area contributed by atoms with E-state index in [0.717, 1.165) is 64.6 Å². The smallest absolute Gasteiger partial charge is 0.211 e. The minimum atomic E-state index is -3.05. The molecule has 25 heavy (non-hydrogen) atoms. The Kier molecular flexibility index (Phi) is 8.41. The highest BCUT2D eigenvalue weighted by atomic mass is 32.2. The van der Waals surface area contributed by atoms with E-state index in [9.17, 15) is 8.42 Å². The number of nitrogens with zero attached hydrogens (tertiary/aromatic N) is 2. The first kappa shape index (κ1) is 20.4. The van der Waals surface area contributed by atoms with Gasteiger partial charge in [-0.25, -0.2) is 12.7 Å². The first-order valence-electron chi connectivity index (χ1n) is 9.08. The van der Waals surface area contributed by atoms with Gasteiger partial charge in [-0.3, -0.25) is 4.99 Å². The van der Waals surface area contributed by atoms with E-state index in [0.29, 0.717) is 19.0 Å². The molecular weight excluding hydrogens is 344 g/mol. The van der Waals surface area contributed by atoms with Crippen molar-refractivity contribution in [3.63, 3.8) is 0 Å². The third-order valence-electron chi connectivity index (χ3n) is 4.68. The Morgan fingerprint density at radius 2 is 2.04 bits per heavy atom. The quantitative estimate of drug-likeness (QED) is 0.352. The predicted octanol–water partition coefficient (Wildman–Crippen LogP) is 0.0186. The second kappa shape index (κ2) is 10.3. The van der Waals surface area contributed by atoms with Gasteiger partial charge in [-0.1, -0.05) is 0 Å². The van der Waals surface area contributed by atoms with Gasteiger partial charge in [-0.2, -0.15) is 0 Å². The molecule has 146 valence electrons. The third kappa shape index (κ3) is 7.47. The van der Waals surface area contributed by atoms with Crippen molar-refractivity contribution in [1.29, 1.82) is 0 Å². The molecule has 2 heterocycles. The molecular formula is C16H32N4O4S. The Hall–Kier alpha value is -0.900. The van der Waals surface area contributed by atoms with E-state index in [1.54, 1.807) is 11.4 Å². The standard InChI is InChI=1S/C16H32N4O4S/c1-17-16(18-7-3-10-24-15-6-11-23-13-15)19-12-14-4-8-20(9-5-14)25(2,21)22/h14-15H,3-13H2,1-2H3,(H2,17,18,19). The molecule has 0 saturated carbocycles. The topological polar surface area (TPSA) is 92.3 Å². The lowest BCUT2D eigenvalue weighted by atomic mass is 9.98. The van der Waals surface area contributed by atoms with Crippen LogP contribution in [0.15, 0.2) is 4.99 Å². The second-order valence-corrected chi connectivity index (χ2v) is 8.68. The Labute approximate surface area is 151 Å². The van der Waals surface area contributed by atoms with Gasteiger partial charge in [0.2, 0.25) is 10.0 Å². The van der Waals surface area contributed by atoms with Crippen molar-refractivity contribution in [2.24, 2.45) is 10.9 Å². The summed E-state index contributed by atoms with van der Waals surface area (Å²) in [5.74, 6) is 1.26. The molecule has 2 N–H and O–H groups in total. The molecule has 0 radical (unpaired) electrons. The number of guanidine groups is 1. The molecule has 0 aromatic heterocycles. The summed E-state index contributed by atoms with van der Waals surface area (Å²) in [6, 6.07) is 0. The molecule has 8 nitrogen and oxygen atoms in total. The third-order valence-corrected chi connectivity index (χ3v) is 5.98. The molecule has 2 rings (SSSR count). The van der Waals surface area contributed by atoms with Crippen LogP contribution >= 0.6 is 0 Å². The van der Waals surface area contributed by atoms with Gasteiger partial charge in [-0.15, -0.1) is 0 Å². The van der Waals surface area contributed by atoms with Crippen LogP contribution in [0.3, 0.4) is 0 Å². The largest absolute Gasteiger partial charge is 0.379 e. The zero-order valence-electron chi connectivity index (χ0n) is 15.4. The van der Waals surface area contributed by atoms with Gasteiger partial charge >= 0.3 is 0 Å². The van der Waals surface area contributed by atoms with E-state index in [-0.39, 0.29) is 6.10 Å². The Balaban J connectivity index is 1.54. The zero-order valence-corrected chi connectivity index (χ0v) is 16.2. The minimum absolute atomic E-state index is 0.259. The van der Waals surface area contributed by atoms with Gasteiger partial charge in [0.05, 0.1) is 19.0 Å². The minimum Gasteiger partial charge on any atom is -0.379 e. The summed E-state index contributed by atoms with van der Waals surface area (Å²) in [4.78, 5) is 4.23. The Morgan fingerprint density at radius 3 is 2.64 bits per heavy atom. The van der Waals surface area contributed by atoms with Gasteiger partial charge in [0.25, 0.3) is 0 Å². The van der Waals surface area contributed by atoms with Crippen molar-refractivity contribution >= 4 is 16.0 Å². The molecule has 0 aliphatic carbocycles. The number of piperidine rings is 1. The van der Waals surface area contributed by atoms with Crippen molar-refractivity contribution in [1.82, 2.24) is 14.9 Å². The van der Waals surface area contributed by atoms with E-state index < -0.39 is 10.0 Å². The van der Waals surface area contributed by atoms with Crippen LogP contribution in [0.1, 0.15) is 25.7 Å². The maximum absolute atomic E-state index is 11.5. The number of hydrogen-bond donors (Lipinski definition) is 2. The monoisotopic (exact) mass is 376 g/mol. The molecule has 2 aliphatic rings. The van der Waals surface area contributed by atoms with Crippen molar-refractivity contribution in [3.05, 3.63) is 0 Å². The average molecular weight is 377 g/mol. The molecule has 0 spiro atoms. The predicted molar refractivity (Wildman–Crippen MR) is 98.3 cm³/mol. The summed E-state index contributed by atoms with van der Waals surface area (Å²) >= 11 is 0. The van der Waals surface area contributed by atoms with Crippen LogP contribution in [0.5, 0.6) is 0 Å². The van der Waals surface area contributed by atoms with Crippen LogP contribution in [-0.4, -0.2) is 84.1 Å². The van der Waals surface area contributed by atoms with E-state index in [1.807, 2.05) is 0 Å². The second-order valence-electron chi connectivity index (χ2n) is 6.70. The van der Waals surface area contributed by atoms with E-state index >= 15 is 0 Å². The van der Waals surface area contributed by atoms with Gasteiger partial charge in [-0.05, 0) is 31.6 Å². The summed E-state index contributed by atoms with van der Waals surface area (Å²) in [6.07, 6.45) is 5.22. The molecule has 2 fully saturated rings. The van der Waals surface area contributed by atoms with Crippen molar-refractivity contribution in [3.8, 4) is 0 Å². The van der Waals surface area contributed by atoms with Crippen LogP contribution in [0.25, 0.3) is 0 Å². The molecule has 0 bridgehead atoms. The molecule has 2 aliphatic heterocycles. The highest BCUT2D eigenvalue weighted by Crippen LogP contribution is 2.18. The van der Waals surface area contributed by atoms with Crippen molar-refractivity contribution < 1.29 is 17.9 Å². The molecule has 2 saturated heterocycles. The number of ether oxygens (including phenoxy) is 2. The zero-order chi connectivity index (χ0) is 18.1. The van der Waals surface area contributed by atoms with Gasteiger partial charge in [0, 0.05) is 46.4 Å². The van der Waals surface area contributed by atoms with E-state index in [2.05, 4.69) is 15.6 Å². The lowest BCUT2D eigenvalue weighted by Crippen LogP contribution is -2.44. The first-order valence-corrected chi connectivity index (χ1v) is 10.9. The lowest BCUT2D eigenvalue weighted by Gasteiger charge is -2.30. The summed E-state index contributed by atoms with van der Waals surface area (Å²) in [5, 5.41) is 6.62. The molecule has 0 aromatic carbocycles. The summed E-state index contributed by atoms with van der Waals surface area (Å²) in [6.45, 7) is 5.09. The summed E-state index contributed by atoms with van der Waals surface area (Å²) in [5.41, 5.74) is 0. The Bertz CT molecular complexity index is 512. The molecule has 1 atom stereocenters. The number of nitrogens with one attached hydrogen (secondary N) is 2. The number of hydrogen-bond acceptors (Lipinski definition) is 5. The van der Waals surface area contributed by atoms with Crippen LogP contribution in [0, 0.1) is 5.92 Å². The maximum atomic E-state index is 11.5. The van der Waals surface area contributed by atoms with E-state index in [4.69, 9.17) is 9.47 Å². The average Bonchev–Trinajstić information content (AvgIpc) is 3.10. The lowest BCUT2D eigenvalue weighted by molar-refractivity contribution is 0.0420. The Morgan fingerprint density at radius 1 is 1.28 bits per heavy atom. The fourth-order valence-corrected chi connectivity index (χ4v) is 3.95. The first-order chi connectivity index (χ1) is 12.0. The normalized spacial score (nSPS) is 23.8. The van der Waals surface area contributed by atoms with Crippen LogP contribution < -0.4 is 10.6 Å². The summed E-state index contributed by atoms with van der Waals surface area (Å²) in [7, 11) is -1.29. The van der Waals surface area contributed by atoms with Gasteiger partial charge in [0.15, 0.2) is 5.96 Å². The molecule has 1 unspecified atom stereocenters. The molecule has 0 aromatic rings. The fourth-order valence-electron chi connectivity index (χ4n) is 3.08. The van der Waals surface area contributed by atoms with Crippen molar-refractivity contribution in [2.75, 3.05) is 59.3 Å². The van der Waals surface area contributed by atoms with E-state index in [1.165, 1.54) is 6.26 Å². The van der Waals surface area contributed by atoms with Crippen LogP contribution in [-0.2, 0) is 19.5 Å². The van der Waals surface area contributed by atoms with Crippen molar-refractivity contribution in [2.45, 2.75) is 31.8 Å². The fraction of sp³-hybridized carbons (Fsp3) is 0.938. The maximum Gasteiger partial charge on any atom is 0.211 e. The number of rotatable bonds is 8. The van der Waals surface area contributed by atoms with Crippen LogP contribution in [0.2, 0.25) is 0 Å². The number of aliphatic imine (C=N–C) groups is 1. The SMILES string of the molecule is CN=C(NCCCOC1CCOC1)NCC1CCN(S(C)(=O)=O)CC1. The van der Waals surface area contributed by atoms with Gasteiger partial charge < -0.3 is 20.1 Å². The highest BCUT2D eigenvalue weighted by Gasteiger charge is 2.24. The van der Waals surface area contributed by atoms with Crippen LogP contribution in [0.4, 0.5) is 0 Å². The van der Waals surface area contributed by atoms with Gasteiger partial charge in [0.1, 0.15) is 0 Å².